The number of fused-ring (bicyclic) bond motifs is 1. The number of aryl methyl sites for hydroxylation is 1. The van der Waals surface area contributed by atoms with Crippen molar-refractivity contribution in [3.05, 3.63) is 59.7 Å². The molecular formula is C13H12N2O. The fourth-order valence-corrected chi connectivity index (χ4v) is 2.40. The average molecular weight is 212 g/mol. The second kappa shape index (κ2) is 3.39. The van der Waals surface area contributed by atoms with Crippen LogP contribution in [0.25, 0.3) is 0 Å². The highest BCUT2D eigenvalue weighted by molar-refractivity contribution is 5.43. The van der Waals surface area contributed by atoms with E-state index in [0.717, 1.165) is 17.5 Å². The largest absolute Gasteiger partial charge is 0.380 e. The Morgan fingerprint density at radius 2 is 1.88 bits per heavy atom. The zero-order valence-electron chi connectivity index (χ0n) is 8.80. The summed E-state index contributed by atoms with van der Waals surface area (Å²) in [7, 11) is 0. The van der Waals surface area contributed by atoms with Crippen LogP contribution in [0.1, 0.15) is 23.1 Å². The minimum absolute atomic E-state index is 0.708. The fourth-order valence-electron chi connectivity index (χ4n) is 2.40. The maximum absolute atomic E-state index is 10.7. The van der Waals surface area contributed by atoms with E-state index in [1.807, 2.05) is 18.2 Å². The van der Waals surface area contributed by atoms with Gasteiger partial charge in [0.25, 0.3) is 0 Å². The first-order chi connectivity index (χ1) is 7.81. The molecule has 2 aromatic rings. The molecule has 1 N–H and O–H groups in total. The third kappa shape index (κ3) is 1.25. The van der Waals surface area contributed by atoms with Gasteiger partial charge >= 0.3 is 0 Å². The van der Waals surface area contributed by atoms with Gasteiger partial charge in [-0.05, 0) is 24.0 Å². The number of hydrogen-bond acceptors (Lipinski definition) is 3. The normalized spacial score (nSPS) is 23.1. The Labute approximate surface area is 93.8 Å². The summed E-state index contributed by atoms with van der Waals surface area (Å²) in [6.45, 7) is 0. The van der Waals surface area contributed by atoms with Gasteiger partial charge in [-0.25, -0.2) is 9.97 Å². The van der Waals surface area contributed by atoms with Crippen molar-refractivity contribution in [1.29, 1.82) is 0 Å². The number of rotatable bonds is 1. The van der Waals surface area contributed by atoms with Gasteiger partial charge in [0.05, 0.1) is 0 Å². The fraction of sp³-hybridized carbons (Fsp3) is 0.231. The van der Waals surface area contributed by atoms with Crippen molar-refractivity contribution in [2.75, 3.05) is 0 Å². The molecule has 0 amide bonds. The first-order valence-corrected chi connectivity index (χ1v) is 5.37. The first kappa shape index (κ1) is 9.48. The van der Waals surface area contributed by atoms with Crippen molar-refractivity contribution in [3.63, 3.8) is 0 Å². The predicted octanol–water partition coefficient (Wildman–Crippen LogP) is 1.66. The highest BCUT2D eigenvalue weighted by atomic mass is 16.3. The molecule has 1 aromatic heterocycles. The molecule has 0 saturated carbocycles. The zero-order valence-corrected chi connectivity index (χ0v) is 8.80. The molecule has 0 saturated heterocycles. The van der Waals surface area contributed by atoms with E-state index in [4.69, 9.17) is 0 Å². The molecule has 0 aliphatic heterocycles. The molecule has 3 rings (SSSR count). The minimum atomic E-state index is -0.905. The highest BCUT2D eigenvalue weighted by Gasteiger charge is 2.38. The van der Waals surface area contributed by atoms with Crippen molar-refractivity contribution >= 4 is 0 Å². The van der Waals surface area contributed by atoms with Gasteiger partial charge < -0.3 is 5.11 Å². The molecule has 3 nitrogen and oxygen atoms in total. The van der Waals surface area contributed by atoms with Crippen molar-refractivity contribution in [2.24, 2.45) is 0 Å². The SMILES string of the molecule is OC1(c2cncnc2)CCc2ccccc21. The lowest BCUT2D eigenvalue weighted by Gasteiger charge is -2.23. The molecular weight excluding hydrogens is 200 g/mol. The molecule has 1 aliphatic rings. The van der Waals surface area contributed by atoms with Crippen LogP contribution in [0.4, 0.5) is 0 Å². The summed E-state index contributed by atoms with van der Waals surface area (Å²) >= 11 is 0. The van der Waals surface area contributed by atoms with Crippen LogP contribution in [0.3, 0.4) is 0 Å². The summed E-state index contributed by atoms with van der Waals surface area (Å²) in [5, 5.41) is 10.7. The number of benzene rings is 1. The van der Waals surface area contributed by atoms with Gasteiger partial charge in [0.15, 0.2) is 0 Å². The van der Waals surface area contributed by atoms with Crippen molar-refractivity contribution in [2.45, 2.75) is 18.4 Å². The van der Waals surface area contributed by atoms with Crippen LogP contribution in [0.5, 0.6) is 0 Å². The lowest BCUT2D eigenvalue weighted by molar-refractivity contribution is 0.0821. The van der Waals surface area contributed by atoms with Crippen molar-refractivity contribution in [1.82, 2.24) is 9.97 Å². The third-order valence-electron chi connectivity index (χ3n) is 3.26. The minimum Gasteiger partial charge on any atom is -0.380 e. The van der Waals surface area contributed by atoms with Crippen molar-refractivity contribution in [3.8, 4) is 0 Å². The number of aliphatic hydroxyl groups is 1. The Balaban J connectivity index is 2.15. The smallest absolute Gasteiger partial charge is 0.118 e. The Morgan fingerprint density at radius 1 is 1.12 bits per heavy atom. The van der Waals surface area contributed by atoms with E-state index in [1.165, 1.54) is 11.9 Å². The topological polar surface area (TPSA) is 46.0 Å². The molecule has 0 radical (unpaired) electrons. The Bertz CT molecular complexity index is 512. The number of nitrogens with zero attached hydrogens (tertiary/aromatic N) is 2. The van der Waals surface area contributed by atoms with E-state index < -0.39 is 5.60 Å². The molecule has 3 heteroatoms. The lowest BCUT2D eigenvalue weighted by Crippen LogP contribution is -2.24. The van der Waals surface area contributed by atoms with Gasteiger partial charge in [0.2, 0.25) is 0 Å². The highest BCUT2D eigenvalue weighted by Crippen LogP contribution is 2.41. The third-order valence-corrected chi connectivity index (χ3v) is 3.26. The molecule has 0 bridgehead atoms. The molecule has 1 aromatic carbocycles. The van der Waals surface area contributed by atoms with Gasteiger partial charge in [0.1, 0.15) is 11.9 Å². The van der Waals surface area contributed by atoms with E-state index in [2.05, 4.69) is 16.0 Å². The van der Waals surface area contributed by atoms with E-state index in [-0.39, 0.29) is 0 Å². The monoisotopic (exact) mass is 212 g/mol. The molecule has 1 heterocycles. The van der Waals surface area contributed by atoms with Crippen LogP contribution in [0.2, 0.25) is 0 Å². The van der Waals surface area contributed by atoms with Crippen molar-refractivity contribution < 1.29 is 5.11 Å². The van der Waals surface area contributed by atoms with Gasteiger partial charge in [-0.3, -0.25) is 0 Å². The molecule has 1 aliphatic carbocycles. The summed E-state index contributed by atoms with van der Waals surface area (Å²) in [6.07, 6.45) is 6.47. The Morgan fingerprint density at radius 3 is 2.69 bits per heavy atom. The molecule has 0 spiro atoms. The molecule has 0 fully saturated rings. The standard InChI is InChI=1S/C13H12N2O/c16-13(11-7-14-9-15-8-11)6-5-10-3-1-2-4-12(10)13/h1-4,7-9,16H,5-6H2. The Hall–Kier alpha value is -1.74. The van der Waals surface area contributed by atoms with Gasteiger partial charge in [-0.2, -0.15) is 0 Å². The van der Waals surface area contributed by atoms with Crippen LogP contribution in [0, 0.1) is 0 Å². The second-order valence-electron chi connectivity index (χ2n) is 4.14. The predicted molar refractivity (Wildman–Crippen MR) is 59.8 cm³/mol. The maximum Gasteiger partial charge on any atom is 0.118 e. The Kier molecular flexibility index (Phi) is 2.01. The summed E-state index contributed by atoms with van der Waals surface area (Å²) in [6, 6.07) is 8.01. The summed E-state index contributed by atoms with van der Waals surface area (Å²) in [5.74, 6) is 0. The van der Waals surface area contributed by atoms with E-state index in [9.17, 15) is 5.11 Å². The first-order valence-electron chi connectivity index (χ1n) is 5.37. The maximum atomic E-state index is 10.7. The van der Waals surface area contributed by atoms with Crippen LogP contribution in [-0.2, 0) is 12.0 Å². The van der Waals surface area contributed by atoms with Gasteiger partial charge in [0, 0.05) is 18.0 Å². The van der Waals surface area contributed by atoms with Gasteiger partial charge in [-0.15, -0.1) is 0 Å². The van der Waals surface area contributed by atoms with Crippen LogP contribution in [0.15, 0.2) is 43.0 Å². The van der Waals surface area contributed by atoms with Crippen LogP contribution >= 0.6 is 0 Å². The number of hydrogen-bond donors (Lipinski definition) is 1. The zero-order chi connectivity index (χ0) is 11.0. The quantitative estimate of drug-likeness (QED) is 0.782. The lowest BCUT2D eigenvalue weighted by atomic mass is 9.90. The summed E-state index contributed by atoms with van der Waals surface area (Å²) in [5.41, 5.74) is 2.08. The van der Waals surface area contributed by atoms with E-state index in [0.29, 0.717) is 6.42 Å². The number of aromatic nitrogens is 2. The molecule has 16 heavy (non-hydrogen) atoms. The summed E-state index contributed by atoms with van der Waals surface area (Å²) < 4.78 is 0. The van der Waals surface area contributed by atoms with E-state index >= 15 is 0 Å². The van der Waals surface area contributed by atoms with E-state index in [1.54, 1.807) is 12.4 Å². The molecule has 1 atom stereocenters. The molecule has 80 valence electrons. The van der Waals surface area contributed by atoms with Crippen LogP contribution in [-0.4, -0.2) is 15.1 Å². The van der Waals surface area contributed by atoms with Gasteiger partial charge in [-0.1, -0.05) is 24.3 Å². The average Bonchev–Trinajstić information content (AvgIpc) is 2.71. The second-order valence-corrected chi connectivity index (χ2v) is 4.14. The van der Waals surface area contributed by atoms with Crippen LogP contribution < -0.4 is 0 Å². The molecule has 1 unspecified atom stereocenters. The summed E-state index contributed by atoms with van der Waals surface area (Å²) in [4.78, 5) is 7.95.